The second kappa shape index (κ2) is 10.5. The molecule has 1 amide bonds. The molecule has 0 N–H and O–H groups in total. The molecule has 1 aromatic carbocycles. The molecule has 0 radical (unpaired) electrons. The van der Waals surface area contributed by atoms with Crippen LogP contribution in [0.15, 0.2) is 35.7 Å². The fraction of sp³-hybridized carbons (Fsp3) is 0.480. The largest absolute Gasteiger partial charge is 0.435 e. The number of ether oxygens (including phenoxy) is 2. The standard InChI is InChI=1S/C25H24F6N4O3S/c1-14-17-5-3-2-4-16(17)12-37-23(38-14)18-13-39-22(32-18)15-6-8-34(9-7-15)21(36)11-35-20(25(29,30)31)10-19(33-35)24(26,27)28/h2-5,10,13-15,23H,6-9,11-12H2,1H3. The van der Waals surface area contributed by atoms with Crippen LogP contribution < -0.4 is 0 Å². The van der Waals surface area contributed by atoms with Crippen molar-refractivity contribution in [2.75, 3.05) is 13.1 Å². The monoisotopic (exact) mass is 574 g/mol. The molecule has 2 unspecified atom stereocenters. The topological polar surface area (TPSA) is 69.5 Å². The molecule has 0 bridgehead atoms. The maximum Gasteiger partial charge on any atom is 0.435 e. The summed E-state index contributed by atoms with van der Waals surface area (Å²) in [6.45, 7) is 1.86. The number of amides is 1. The molecule has 2 aliphatic heterocycles. The zero-order valence-corrected chi connectivity index (χ0v) is 21.4. The number of fused-ring (bicyclic) bond motifs is 1. The van der Waals surface area contributed by atoms with E-state index in [2.05, 4.69) is 5.10 Å². The second-order valence-electron chi connectivity index (χ2n) is 9.45. The van der Waals surface area contributed by atoms with E-state index in [1.165, 1.54) is 16.2 Å². The molecule has 14 heteroatoms. The molecule has 4 heterocycles. The molecule has 2 aliphatic rings. The minimum Gasteiger partial charge on any atom is -0.342 e. The molecule has 7 nitrogen and oxygen atoms in total. The maximum atomic E-state index is 13.3. The Balaban J connectivity index is 1.20. The van der Waals surface area contributed by atoms with Crippen molar-refractivity contribution < 1.29 is 40.6 Å². The molecule has 0 saturated carbocycles. The molecule has 0 spiro atoms. The number of hydrogen-bond acceptors (Lipinski definition) is 6. The Morgan fingerprint density at radius 1 is 1.10 bits per heavy atom. The number of aromatic nitrogens is 3. The van der Waals surface area contributed by atoms with Crippen LogP contribution in [-0.2, 0) is 39.8 Å². The molecule has 1 fully saturated rings. The molecule has 210 valence electrons. The molecular weight excluding hydrogens is 550 g/mol. The Morgan fingerprint density at radius 3 is 2.51 bits per heavy atom. The number of alkyl halides is 6. The molecule has 5 rings (SSSR count). The molecular formula is C25H24F6N4O3S. The van der Waals surface area contributed by atoms with E-state index in [0.29, 0.717) is 25.1 Å². The van der Waals surface area contributed by atoms with Crippen molar-refractivity contribution >= 4 is 17.2 Å². The van der Waals surface area contributed by atoms with Gasteiger partial charge in [0, 0.05) is 30.5 Å². The van der Waals surface area contributed by atoms with E-state index < -0.39 is 42.5 Å². The normalized spacial score (nSPS) is 21.1. The summed E-state index contributed by atoms with van der Waals surface area (Å²) < 4.78 is 90.7. The molecule has 2 atom stereocenters. The highest BCUT2D eigenvalue weighted by molar-refractivity contribution is 7.09. The van der Waals surface area contributed by atoms with Crippen LogP contribution in [0.1, 0.15) is 71.3 Å². The minimum atomic E-state index is -5.09. The summed E-state index contributed by atoms with van der Waals surface area (Å²) in [6, 6.07) is 7.79. The lowest BCUT2D eigenvalue weighted by molar-refractivity contribution is -0.173. The van der Waals surface area contributed by atoms with Gasteiger partial charge in [0.2, 0.25) is 12.2 Å². The number of hydrogen-bond donors (Lipinski definition) is 0. The van der Waals surface area contributed by atoms with Gasteiger partial charge in [-0.3, -0.25) is 9.48 Å². The van der Waals surface area contributed by atoms with Crippen molar-refractivity contribution in [3.63, 3.8) is 0 Å². The van der Waals surface area contributed by atoms with Gasteiger partial charge in [0.15, 0.2) is 5.69 Å². The van der Waals surface area contributed by atoms with Crippen molar-refractivity contribution in [2.24, 2.45) is 0 Å². The number of carbonyl (C=O) groups is 1. The Labute approximate surface area is 223 Å². The highest BCUT2D eigenvalue weighted by Gasteiger charge is 2.42. The highest BCUT2D eigenvalue weighted by Crippen LogP contribution is 2.38. The first-order chi connectivity index (χ1) is 18.4. The van der Waals surface area contributed by atoms with Crippen molar-refractivity contribution in [1.29, 1.82) is 0 Å². The number of rotatable bonds is 4. The summed E-state index contributed by atoms with van der Waals surface area (Å²) in [6.07, 6.45) is -9.96. The number of halogens is 6. The molecule has 3 aromatic rings. The smallest absolute Gasteiger partial charge is 0.342 e. The van der Waals surface area contributed by atoms with Crippen LogP contribution in [0.5, 0.6) is 0 Å². The first-order valence-electron chi connectivity index (χ1n) is 12.2. The number of thiazole rings is 1. The first-order valence-corrected chi connectivity index (χ1v) is 13.1. The third-order valence-corrected chi connectivity index (χ3v) is 7.86. The van der Waals surface area contributed by atoms with Crippen LogP contribution in [0.3, 0.4) is 0 Å². The second-order valence-corrected chi connectivity index (χ2v) is 10.3. The van der Waals surface area contributed by atoms with E-state index in [0.717, 1.165) is 16.1 Å². The van der Waals surface area contributed by atoms with Crippen molar-refractivity contribution in [3.05, 3.63) is 68.9 Å². The lowest BCUT2D eigenvalue weighted by Crippen LogP contribution is -2.40. The predicted molar refractivity (Wildman–Crippen MR) is 126 cm³/mol. The summed E-state index contributed by atoms with van der Waals surface area (Å²) in [7, 11) is 0. The van der Waals surface area contributed by atoms with E-state index in [9.17, 15) is 31.1 Å². The highest BCUT2D eigenvalue weighted by atomic mass is 32.1. The number of likely N-dealkylation sites (tertiary alicyclic amines) is 1. The van der Waals surface area contributed by atoms with Crippen LogP contribution in [0.4, 0.5) is 26.3 Å². The predicted octanol–water partition coefficient (Wildman–Crippen LogP) is 6.09. The maximum absolute atomic E-state index is 13.3. The van der Waals surface area contributed by atoms with Crippen molar-refractivity contribution in [1.82, 2.24) is 19.7 Å². The van der Waals surface area contributed by atoms with E-state index in [1.54, 1.807) is 0 Å². The SMILES string of the molecule is CC1OC(c2csc(C3CCN(C(=O)Cn4nc(C(F)(F)F)cc4C(F)(F)F)CC3)n2)OCc2ccccc21. The summed E-state index contributed by atoms with van der Waals surface area (Å²) in [5.41, 5.74) is -0.562. The van der Waals surface area contributed by atoms with Gasteiger partial charge in [0.25, 0.3) is 0 Å². The fourth-order valence-corrected chi connectivity index (χ4v) is 5.78. The van der Waals surface area contributed by atoms with E-state index in [-0.39, 0.29) is 35.9 Å². The van der Waals surface area contributed by atoms with Gasteiger partial charge < -0.3 is 14.4 Å². The van der Waals surface area contributed by atoms with Crippen LogP contribution in [-0.4, -0.2) is 38.7 Å². The summed E-state index contributed by atoms with van der Waals surface area (Å²) in [5.74, 6) is -0.718. The van der Waals surface area contributed by atoms with Crippen molar-refractivity contribution in [2.45, 2.75) is 63.6 Å². The number of carbonyl (C=O) groups excluding carboxylic acids is 1. The minimum absolute atomic E-state index is 0.0143. The average Bonchev–Trinajstić information content (AvgIpc) is 3.51. The fourth-order valence-electron chi connectivity index (χ4n) is 4.79. The Hall–Kier alpha value is -2.97. The van der Waals surface area contributed by atoms with Gasteiger partial charge in [0.05, 0.1) is 17.7 Å². The molecule has 2 aromatic heterocycles. The van der Waals surface area contributed by atoms with Crippen molar-refractivity contribution in [3.8, 4) is 0 Å². The lowest BCUT2D eigenvalue weighted by atomic mass is 9.97. The van der Waals surface area contributed by atoms with E-state index in [1.807, 2.05) is 36.6 Å². The van der Waals surface area contributed by atoms with Gasteiger partial charge in [-0.05, 0) is 30.9 Å². The van der Waals surface area contributed by atoms with Gasteiger partial charge in [-0.15, -0.1) is 11.3 Å². The molecule has 0 aliphatic carbocycles. The Morgan fingerprint density at radius 2 is 1.82 bits per heavy atom. The average molecular weight is 575 g/mol. The Kier molecular flexibility index (Phi) is 7.46. The zero-order valence-electron chi connectivity index (χ0n) is 20.6. The molecule has 1 saturated heterocycles. The third-order valence-electron chi connectivity index (χ3n) is 6.83. The zero-order chi connectivity index (χ0) is 27.9. The van der Waals surface area contributed by atoms with Crippen LogP contribution >= 0.6 is 11.3 Å². The van der Waals surface area contributed by atoms with Crippen LogP contribution in [0.25, 0.3) is 0 Å². The number of benzene rings is 1. The van der Waals surface area contributed by atoms with Gasteiger partial charge in [-0.25, -0.2) is 4.98 Å². The van der Waals surface area contributed by atoms with Gasteiger partial charge >= 0.3 is 12.4 Å². The van der Waals surface area contributed by atoms with Gasteiger partial charge in [0.1, 0.15) is 17.9 Å². The van der Waals surface area contributed by atoms with E-state index >= 15 is 0 Å². The first kappa shape index (κ1) is 27.6. The van der Waals surface area contributed by atoms with Gasteiger partial charge in [-0.1, -0.05) is 24.3 Å². The summed E-state index contributed by atoms with van der Waals surface area (Å²) >= 11 is 1.44. The lowest BCUT2D eigenvalue weighted by Gasteiger charge is -2.31. The summed E-state index contributed by atoms with van der Waals surface area (Å²) in [5, 5.41) is 5.71. The summed E-state index contributed by atoms with van der Waals surface area (Å²) in [4.78, 5) is 18.7. The third kappa shape index (κ3) is 5.97. The quantitative estimate of drug-likeness (QED) is 0.353. The number of piperidine rings is 1. The molecule has 39 heavy (non-hydrogen) atoms. The van der Waals surface area contributed by atoms with Crippen LogP contribution in [0.2, 0.25) is 0 Å². The Bertz CT molecular complexity index is 1330. The van der Waals surface area contributed by atoms with Crippen LogP contribution in [0, 0.1) is 0 Å². The van der Waals surface area contributed by atoms with E-state index in [4.69, 9.17) is 14.5 Å². The number of nitrogens with zero attached hydrogens (tertiary/aromatic N) is 4. The van der Waals surface area contributed by atoms with Gasteiger partial charge in [-0.2, -0.15) is 31.4 Å².